The van der Waals surface area contributed by atoms with Gasteiger partial charge in [-0.05, 0) is 49.6 Å². The van der Waals surface area contributed by atoms with Crippen LogP contribution in [0, 0.1) is 6.92 Å². The number of hydrogen-bond acceptors (Lipinski definition) is 4. The van der Waals surface area contributed by atoms with E-state index in [9.17, 15) is 9.59 Å². The second-order valence-electron chi connectivity index (χ2n) is 7.35. The Bertz CT molecular complexity index is 860. The summed E-state index contributed by atoms with van der Waals surface area (Å²) in [5.41, 5.74) is 1.97. The molecule has 0 saturated heterocycles. The maximum Gasteiger partial charge on any atom is 0.262 e. The molecular formula is C23H28N2O4. The molecule has 2 aromatic rings. The predicted molar refractivity (Wildman–Crippen MR) is 113 cm³/mol. The summed E-state index contributed by atoms with van der Waals surface area (Å²) in [5, 5.41) is 5.87. The van der Waals surface area contributed by atoms with Gasteiger partial charge in [-0.1, -0.05) is 37.5 Å². The standard InChI is InChI=1S/C23H28N2O4/c1-16-12-13-20(21(14-16)28-2)29-15-22(26)25-19-11-7-6-10-18(19)23(27)24-17-8-4-3-5-9-17/h6-7,10-14,17H,3-5,8-9,15H2,1-2H3,(H,24,27)(H,25,26). The van der Waals surface area contributed by atoms with Crippen LogP contribution in [0.1, 0.15) is 48.0 Å². The van der Waals surface area contributed by atoms with E-state index in [1.165, 1.54) is 6.42 Å². The summed E-state index contributed by atoms with van der Waals surface area (Å²) in [6.45, 7) is 1.77. The number of ether oxygens (including phenoxy) is 2. The Labute approximate surface area is 171 Å². The quantitative estimate of drug-likeness (QED) is 0.739. The number of amides is 2. The van der Waals surface area contributed by atoms with Crippen LogP contribution in [-0.4, -0.2) is 31.6 Å². The molecule has 29 heavy (non-hydrogen) atoms. The largest absolute Gasteiger partial charge is 0.493 e. The van der Waals surface area contributed by atoms with E-state index in [0.29, 0.717) is 22.7 Å². The fraction of sp³-hybridized carbons (Fsp3) is 0.391. The maximum atomic E-state index is 12.7. The number of nitrogens with one attached hydrogen (secondary N) is 2. The van der Waals surface area contributed by atoms with Crippen molar-refractivity contribution in [3.05, 3.63) is 53.6 Å². The lowest BCUT2D eigenvalue weighted by atomic mass is 9.95. The number of aryl methyl sites for hydroxylation is 1. The van der Waals surface area contributed by atoms with Crippen LogP contribution in [0.2, 0.25) is 0 Å². The van der Waals surface area contributed by atoms with Crippen LogP contribution in [0.15, 0.2) is 42.5 Å². The third-order valence-electron chi connectivity index (χ3n) is 5.06. The molecule has 154 valence electrons. The van der Waals surface area contributed by atoms with E-state index >= 15 is 0 Å². The van der Waals surface area contributed by atoms with Crippen molar-refractivity contribution in [2.45, 2.75) is 45.1 Å². The van der Waals surface area contributed by atoms with Crippen molar-refractivity contribution >= 4 is 17.5 Å². The summed E-state index contributed by atoms with van der Waals surface area (Å²) in [6.07, 6.45) is 5.52. The van der Waals surface area contributed by atoms with E-state index in [0.717, 1.165) is 31.2 Å². The van der Waals surface area contributed by atoms with Gasteiger partial charge in [-0.3, -0.25) is 9.59 Å². The lowest BCUT2D eigenvalue weighted by Crippen LogP contribution is -2.36. The first-order valence-corrected chi connectivity index (χ1v) is 10.0. The van der Waals surface area contributed by atoms with Crippen LogP contribution in [0.3, 0.4) is 0 Å². The van der Waals surface area contributed by atoms with Gasteiger partial charge in [0.05, 0.1) is 18.4 Å². The molecule has 0 bridgehead atoms. The highest BCUT2D eigenvalue weighted by Gasteiger charge is 2.19. The molecule has 0 atom stereocenters. The molecule has 2 N–H and O–H groups in total. The van der Waals surface area contributed by atoms with Crippen molar-refractivity contribution in [1.29, 1.82) is 0 Å². The number of methoxy groups -OCH3 is 1. The molecule has 0 radical (unpaired) electrons. The minimum Gasteiger partial charge on any atom is -0.493 e. The average Bonchev–Trinajstić information content (AvgIpc) is 2.73. The van der Waals surface area contributed by atoms with Crippen LogP contribution >= 0.6 is 0 Å². The molecule has 0 aliphatic heterocycles. The van der Waals surface area contributed by atoms with Crippen molar-refractivity contribution in [3.8, 4) is 11.5 Å². The molecule has 1 saturated carbocycles. The molecular weight excluding hydrogens is 368 g/mol. The number of para-hydroxylation sites is 1. The third-order valence-corrected chi connectivity index (χ3v) is 5.06. The number of anilines is 1. The summed E-state index contributed by atoms with van der Waals surface area (Å²) in [6, 6.07) is 12.7. The number of carbonyl (C=O) groups is 2. The lowest BCUT2D eigenvalue weighted by molar-refractivity contribution is -0.118. The fourth-order valence-corrected chi connectivity index (χ4v) is 3.52. The molecule has 1 aliphatic carbocycles. The van der Waals surface area contributed by atoms with Crippen LogP contribution in [0.4, 0.5) is 5.69 Å². The molecule has 3 rings (SSSR count). The van der Waals surface area contributed by atoms with E-state index in [-0.39, 0.29) is 24.5 Å². The highest BCUT2D eigenvalue weighted by atomic mass is 16.5. The summed E-state index contributed by atoms with van der Waals surface area (Å²) in [4.78, 5) is 25.1. The van der Waals surface area contributed by atoms with Crippen molar-refractivity contribution in [1.82, 2.24) is 5.32 Å². The van der Waals surface area contributed by atoms with Crippen molar-refractivity contribution in [2.24, 2.45) is 0 Å². The predicted octanol–water partition coefficient (Wildman–Crippen LogP) is 4.08. The van der Waals surface area contributed by atoms with Gasteiger partial charge in [-0.25, -0.2) is 0 Å². The first-order chi connectivity index (χ1) is 14.1. The normalized spacial score (nSPS) is 14.1. The number of carbonyl (C=O) groups excluding carboxylic acids is 2. The van der Waals surface area contributed by atoms with Gasteiger partial charge in [0.15, 0.2) is 18.1 Å². The zero-order chi connectivity index (χ0) is 20.6. The highest BCUT2D eigenvalue weighted by Crippen LogP contribution is 2.27. The van der Waals surface area contributed by atoms with Gasteiger partial charge in [0.25, 0.3) is 11.8 Å². The molecule has 0 unspecified atom stereocenters. The van der Waals surface area contributed by atoms with Crippen molar-refractivity contribution in [2.75, 3.05) is 19.0 Å². The molecule has 6 nitrogen and oxygen atoms in total. The Hall–Kier alpha value is -3.02. The Kier molecular flexibility index (Phi) is 7.11. The summed E-state index contributed by atoms with van der Waals surface area (Å²) in [5.74, 6) is 0.570. The number of benzene rings is 2. The van der Waals surface area contributed by atoms with Crippen LogP contribution in [0.25, 0.3) is 0 Å². The molecule has 2 aromatic carbocycles. The third kappa shape index (κ3) is 5.73. The maximum absolute atomic E-state index is 12.7. The molecule has 0 heterocycles. The second-order valence-corrected chi connectivity index (χ2v) is 7.35. The summed E-state index contributed by atoms with van der Waals surface area (Å²) < 4.78 is 10.9. The van der Waals surface area contributed by atoms with Gasteiger partial charge in [0, 0.05) is 6.04 Å². The van der Waals surface area contributed by atoms with Crippen molar-refractivity contribution < 1.29 is 19.1 Å². The van der Waals surface area contributed by atoms with Gasteiger partial charge in [-0.15, -0.1) is 0 Å². The Balaban J connectivity index is 1.61. The monoisotopic (exact) mass is 396 g/mol. The zero-order valence-electron chi connectivity index (χ0n) is 17.0. The van der Waals surface area contributed by atoms with Crippen LogP contribution in [-0.2, 0) is 4.79 Å². The van der Waals surface area contributed by atoms with E-state index in [1.807, 2.05) is 19.1 Å². The number of rotatable bonds is 7. The van der Waals surface area contributed by atoms with Gasteiger partial charge < -0.3 is 20.1 Å². The Morgan fingerprint density at radius 2 is 1.79 bits per heavy atom. The topological polar surface area (TPSA) is 76.7 Å². The fourth-order valence-electron chi connectivity index (χ4n) is 3.52. The highest BCUT2D eigenvalue weighted by molar-refractivity contribution is 6.04. The van der Waals surface area contributed by atoms with E-state index in [1.54, 1.807) is 37.4 Å². The van der Waals surface area contributed by atoms with Crippen LogP contribution < -0.4 is 20.1 Å². The Morgan fingerprint density at radius 1 is 1.03 bits per heavy atom. The second kappa shape index (κ2) is 9.96. The first kappa shape index (κ1) is 20.7. The van der Waals surface area contributed by atoms with Crippen LogP contribution in [0.5, 0.6) is 11.5 Å². The lowest BCUT2D eigenvalue weighted by Gasteiger charge is -2.23. The number of hydrogen-bond donors (Lipinski definition) is 2. The minimum atomic E-state index is -0.342. The average molecular weight is 396 g/mol. The molecule has 6 heteroatoms. The SMILES string of the molecule is COc1cc(C)ccc1OCC(=O)Nc1ccccc1C(=O)NC1CCCCC1. The zero-order valence-corrected chi connectivity index (χ0v) is 17.0. The van der Waals surface area contributed by atoms with Gasteiger partial charge >= 0.3 is 0 Å². The van der Waals surface area contributed by atoms with Gasteiger partial charge in [0.2, 0.25) is 0 Å². The van der Waals surface area contributed by atoms with E-state index < -0.39 is 0 Å². The molecule has 0 spiro atoms. The molecule has 1 fully saturated rings. The first-order valence-electron chi connectivity index (χ1n) is 10.0. The molecule has 0 aromatic heterocycles. The summed E-state index contributed by atoms with van der Waals surface area (Å²) in [7, 11) is 1.56. The van der Waals surface area contributed by atoms with Gasteiger partial charge in [-0.2, -0.15) is 0 Å². The van der Waals surface area contributed by atoms with E-state index in [2.05, 4.69) is 10.6 Å². The van der Waals surface area contributed by atoms with E-state index in [4.69, 9.17) is 9.47 Å². The Morgan fingerprint density at radius 3 is 2.55 bits per heavy atom. The van der Waals surface area contributed by atoms with Gasteiger partial charge in [0.1, 0.15) is 0 Å². The molecule has 1 aliphatic rings. The minimum absolute atomic E-state index is 0.158. The smallest absolute Gasteiger partial charge is 0.262 e. The van der Waals surface area contributed by atoms with Crippen molar-refractivity contribution in [3.63, 3.8) is 0 Å². The molecule has 2 amide bonds. The summed E-state index contributed by atoms with van der Waals surface area (Å²) >= 11 is 0.